The molecule has 0 saturated heterocycles. The average Bonchev–Trinajstić information content (AvgIpc) is 2.05. The molecule has 0 amide bonds. The third kappa shape index (κ3) is 1.67. The molecule has 1 aromatic carbocycles. The normalized spacial score (nSPS) is 9.18. The van der Waals surface area contributed by atoms with Crippen molar-refractivity contribution in [2.24, 2.45) is 5.84 Å². The van der Waals surface area contributed by atoms with E-state index < -0.39 is 0 Å². The molecule has 57 valence electrons. The second kappa shape index (κ2) is 3.01. The van der Waals surface area contributed by atoms with Gasteiger partial charge in [-0.3, -0.25) is 0 Å². The minimum Gasteiger partial charge on any atom is -0.496 e. The van der Waals surface area contributed by atoms with Crippen molar-refractivity contribution in [3.05, 3.63) is 29.2 Å². The van der Waals surface area contributed by atoms with Gasteiger partial charge < -0.3 is 4.74 Å². The molecule has 1 rings (SSSR count). The molecule has 4 nitrogen and oxygen atoms in total. The van der Waals surface area contributed by atoms with Gasteiger partial charge in [0.15, 0.2) is 4.87 Å². The molecule has 1 aromatic rings. The number of nitroso groups, excluding NO2 is 1. The zero-order chi connectivity index (χ0) is 8.27. The highest BCUT2D eigenvalue weighted by Gasteiger charge is 2.08. The summed E-state index contributed by atoms with van der Waals surface area (Å²) in [6.45, 7) is 0. The van der Waals surface area contributed by atoms with E-state index in [1.165, 1.54) is 13.2 Å². The molecule has 0 spiro atoms. The van der Waals surface area contributed by atoms with Crippen LogP contribution in [-0.2, 0) is 0 Å². The number of benzene rings is 1. The first-order valence-electron chi connectivity index (χ1n) is 3.01. The number of nitrogens with two attached hydrogens (primary N) is 1. The second-order valence-electron chi connectivity index (χ2n) is 1.94. The topological polar surface area (TPSA) is 55.3 Å². The molecular formula is C7H8N2O2+. The molecule has 2 N–H and O–H groups in total. The summed E-state index contributed by atoms with van der Waals surface area (Å²) < 4.78 is 4.86. The standard InChI is InChI=1S/C7H8N2O2/c1-11-7-4-2-3-6(5-7)9(8)10/h2,4-5H,1H3,(H2,8,10)/q+1. The first kappa shape index (κ1) is 7.53. The summed E-state index contributed by atoms with van der Waals surface area (Å²) in [6, 6.07) is 7.42. The van der Waals surface area contributed by atoms with Gasteiger partial charge in [0.1, 0.15) is 5.75 Å². The van der Waals surface area contributed by atoms with Crippen LogP contribution in [0.3, 0.4) is 0 Å². The zero-order valence-electron chi connectivity index (χ0n) is 6.07. The van der Waals surface area contributed by atoms with E-state index in [9.17, 15) is 4.91 Å². The van der Waals surface area contributed by atoms with Gasteiger partial charge in [0.05, 0.1) is 24.1 Å². The summed E-state index contributed by atoms with van der Waals surface area (Å²) in [6.07, 6.45) is 0. The first-order valence-corrected chi connectivity index (χ1v) is 3.01. The van der Waals surface area contributed by atoms with Gasteiger partial charge in [0.25, 0.3) is 0 Å². The molecule has 0 heterocycles. The molecule has 0 atom stereocenters. The lowest BCUT2D eigenvalue weighted by atomic mass is 10.3. The lowest BCUT2D eigenvalue weighted by Crippen LogP contribution is -2.08. The maximum Gasteiger partial charge on any atom is 0.303 e. The summed E-state index contributed by atoms with van der Waals surface area (Å²) >= 11 is 0. The average molecular weight is 152 g/mol. The van der Waals surface area contributed by atoms with E-state index in [-0.39, 0.29) is 10.6 Å². The molecule has 0 aliphatic carbocycles. The van der Waals surface area contributed by atoms with Gasteiger partial charge >= 0.3 is 5.69 Å². The van der Waals surface area contributed by atoms with E-state index >= 15 is 0 Å². The molecule has 4 heteroatoms. The molecular weight excluding hydrogens is 144 g/mol. The maximum absolute atomic E-state index is 10.5. The maximum atomic E-state index is 10.5. The highest BCUT2D eigenvalue weighted by atomic mass is 16.5. The van der Waals surface area contributed by atoms with E-state index in [2.05, 4.69) is 6.07 Å². The van der Waals surface area contributed by atoms with E-state index in [1.807, 2.05) is 0 Å². The van der Waals surface area contributed by atoms with Gasteiger partial charge in [-0.2, -0.15) is 5.84 Å². The van der Waals surface area contributed by atoms with Gasteiger partial charge in [0.2, 0.25) is 0 Å². The van der Waals surface area contributed by atoms with Crippen LogP contribution in [0.15, 0.2) is 18.2 Å². The summed E-state index contributed by atoms with van der Waals surface area (Å²) in [4.78, 5) is 10.8. The number of hydrogen-bond acceptors (Lipinski definition) is 2. The van der Waals surface area contributed by atoms with Crippen LogP contribution in [0, 0.1) is 11.0 Å². The monoisotopic (exact) mass is 152 g/mol. The SMILES string of the molecule is COc1cc[c]c([N+](N)=O)c1. The zero-order valence-corrected chi connectivity index (χ0v) is 6.07. The lowest BCUT2D eigenvalue weighted by molar-refractivity contribution is -0.475. The van der Waals surface area contributed by atoms with E-state index in [1.54, 1.807) is 12.1 Å². The predicted octanol–water partition coefficient (Wildman–Crippen LogP) is 0.779. The number of rotatable bonds is 2. The Morgan fingerprint density at radius 2 is 2.45 bits per heavy atom. The highest BCUT2D eigenvalue weighted by molar-refractivity contribution is 5.36. The van der Waals surface area contributed by atoms with Crippen LogP contribution in [0.4, 0.5) is 5.69 Å². The number of ether oxygens (including phenoxy) is 1. The third-order valence-corrected chi connectivity index (χ3v) is 1.23. The molecule has 0 saturated carbocycles. The van der Waals surface area contributed by atoms with Crippen LogP contribution in [0.25, 0.3) is 0 Å². The van der Waals surface area contributed by atoms with Crippen LogP contribution in [0.5, 0.6) is 5.75 Å². The van der Waals surface area contributed by atoms with Crippen molar-refractivity contribution in [1.29, 1.82) is 0 Å². The summed E-state index contributed by atoms with van der Waals surface area (Å²) in [5.74, 6) is 5.52. The molecule has 11 heavy (non-hydrogen) atoms. The smallest absolute Gasteiger partial charge is 0.303 e. The van der Waals surface area contributed by atoms with Crippen molar-refractivity contribution in [2.45, 2.75) is 0 Å². The lowest BCUT2D eigenvalue weighted by Gasteiger charge is -1.95. The van der Waals surface area contributed by atoms with Crippen LogP contribution in [0.1, 0.15) is 0 Å². The largest absolute Gasteiger partial charge is 0.496 e. The molecule has 0 bridgehead atoms. The Hall–Kier alpha value is -1.58. The van der Waals surface area contributed by atoms with Crippen molar-refractivity contribution >= 4 is 5.69 Å². The Balaban J connectivity index is 3.01. The highest BCUT2D eigenvalue weighted by Crippen LogP contribution is 2.16. The van der Waals surface area contributed by atoms with Crippen LogP contribution >= 0.6 is 0 Å². The number of hydrazine groups is 1. The van der Waals surface area contributed by atoms with E-state index in [0.29, 0.717) is 5.75 Å². The van der Waals surface area contributed by atoms with Crippen molar-refractivity contribution < 1.29 is 9.61 Å². The Labute approximate surface area is 64.1 Å². The molecule has 0 aliphatic rings. The molecule has 1 radical (unpaired) electrons. The van der Waals surface area contributed by atoms with Gasteiger partial charge in [-0.05, 0) is 12.1 Å². The summed E-state index contributed by atoms with van der Waals surface area (Å²) in [5.41, 5.74) is 0.254. The number of methoxy groups -OCH3 is 1. The van der Waals surface area contributed by atoms with Crippen molar-refractivity contribution in [3.8, 4) is 5.75 Å². The molecule has 0 unspecified atom stereocenters. The Bertz CT molecular complexity index is 273. The van der Waals surface area contributed by atoms with Gasteiger partial charge in [-0.15, -0.1) is 0 Å². The number of nitrogens with zero attached hydrogens (tertiary/aromatic N) is 1. The Morgan fingerprint density at radius 1 is 1.73 bits per heavy atom. The molecule has 0 aliphatic heterocycles. The predicted molar refractivity (Wildman–Crippen MR) is 39.3 cm³/mol. The van der Waals surface area contributed by atoms with Gasteiger partial charge in [0, 0.05) is 0 Å². The summed E-state index contributed by atoms with van der Waals surface area (Å²) in [5, 5.41) is 0. The minimum atomic E-state index is 0.239. The van der Waals surface area contributed by atoms with Gasteiger partial charge in [-0.1, -0.05) is 0 Å². The van der Waals surface area contributed by atoms with Crippen LogP contribution < -0.4 is 10.6 Å². The second-order valence-corrected chi connectivity index (χ2v) is 1.94. The molecule has 0 aromatic heterocycles. The fourth-order valence-corrected chi connectivity index (χ4v) is 0.688. The first-order chi connectivity index (χ1) is 5.24. The number of hydrogen-bond donors (Lipinski definition) is 1. The van der Waals surface area contributed by atoms with Crippen molar-refractivity contribution in [2.75, 3.05) is 7.11 Å². The van der Waals surface area contributed by atoms with E-state index in [0.717, 1.165) is 0 Å². The van der Waals surface area contributed by atoms with Crippen LogP contribution in [-0.4, -0.2) is 12.0 Å². The van der Waals surface area contributed by atoms with Gasteiger partial charge in [-0.25, -0.2) is 0 Å². The third-order valence-electron chi connectivity index (χ3n) is 1.23. The fraction of sp³-hybridized carbons (Fsp3) is 0.143. The molecule has 0 fully saturated rings. The fourth-order valence-electron chi connectivity index (χ4n) is 0.688. The van der Waals surface area contributed by atoms with Crippen LogP contribution in [0.2, 0.25) is 0 Å². The van der Waals surface area contributed by atoms with Crippen molar-refractivity contribution in [3.63, 3.8) is 0 Å². The summed E-state index contributed by atoms with van der Waals surface area (Å²) in [7, 11) is 1.52. The quantitative estimate of drug-likeness (QED) is 0.387. The Kier molecular flexibility index (Phi) is 2.06. The Morgan fingerprint density at radius 3 is 3.00 bits per heavy atom. The van der Waals surface area contributed by atoms with Crippen molar-refractivity contribution in [1.82, 2.24) is 0 Å². The minimum absolute atomic E-state index is 0.239. The van der Waals surface area contributed by atoms with E-state index in [4.69, 9.17) is 10.6 Å².